The van der Waals surface area contributed by atoms with Gasteiger partial charge in [0.05, 0.1) is 0 Å². The molecule has 1 saturated carbocycles. The van der Waals surface area contributed by atoms with Crippen LogP contribution in [0.15, 0.2) is 29.3 Å². The molecule has 28 heavy (non-hydrogen) atoms. The van der Waals surface area contributed by atoms with E-state index in [1.807, 2.05) is 24.1 Å². The number of benzene rings is 1. The predicted molar refractivity (Wildman–Crippen MR) is 114 cm³/mol. The molecule has 6 nitrogen and oxygen atoms in total. The number of amides is 1. The molecule has 1 unspecified atom stereocenters. The molecule has 0 radical (unpaired) electrons. The third kappa shape index (κ3) is 4.49. The van der Waals surface area contributed by atoms with Crippen LogP contribution in [0.3, 0.4) is 0 Å². The van der Waals surface area contributed by atoms with E-state index in [-0.39, 0.29) is 5.91 Å². The summed E-state index contributed by atoms with van der Waals surface area (Å²) in [6, 6.07) is 9.54. The van der Waals surface area contributed by atoms with Crippen LogP contribution in [0.1, 0.15) is 50.5 Å². The van der Waals surface area contributed by atoms with E-state index >= 15 is 0 Å². The number of carbonyl (C=O) groups excluding carboxylic acids is 1. The second-order valence-corrected chi connectivity index (χ2v) is 8.31. The predicted octanol–water partition coefficient (Wildman–Crippen LogP) is 2.50. The summed E-state index contributed by atoms with van der Waals surface area (Å²) in [7, 11) is 1.83. The van der Waals surface area contributed by atoms with Gasteiger partial charge in [0.25, 0.3) is 0 Å². The van der Waals surface area contributed by atoms with Gasteiger partial charge in [0.2, 0.25) is 5.91 Å². The molecule has 2 saturated heterocycles. The van der Waals surface area contributed by atoms with E-state index in [9.17, 15) is 4.79 Å². The van der Waals surface area contributed by atoms with Crippen LogP contribution in [-0.4, -0.2) is 55.5 Å². The summed E-state index contributed by atoms with van der Waals surface area (Å²) in [5.74, 6) is 1.09. The number of anilines is 1. The molecule has 6 heteroatoms. The minimum atomic E-state index is 0.232. The maximum Gasteiger partial charge on any atom is 0.227 e. The number of guanidine groups is 1. The Morgan fingerprint density at radius 3 is 2.79 bits per heavy atom. The van der Waals surface area contributed by atoms with Crippen LogP contribution in [0.4, 0.5) is 5.69 Å². The smallest absolute Gasteiger partial charge is 0.227 e. The molecule has 1 aromatic rings. The molecule has 1 atom stereocenters. The number of carbonyl (C=O) groups is 1. The SMILES string of the molecule is CN=C(NCc1cccc(N2CCCC2=O)c1)NC1CCN(C2CCCC2)C1. The Balaban J connectivity index is 1.28. The van der Waals surface area contributed by atoms with Crippen LogP contribution in [0.2, 0.25) is 0 Å². The molecule has 1 aliphatic carbocycles. The van der Waals surface area contributed by atoms with Gasteiger partial charge >= 0.3 is 0 Å². The van der Waals surface area contributed by atoms with Gasteiger partial charge in [-0.1, -0.05) is 25.0 Å². The van der Waals surface area contributed by atoms with Crippen molar-refractivity contribution < 1.29 is 4.79 Å². The van der Waals surface area contributed by atoms with Gasteiger partial charge in [0, 0.05) is 57.4 Å². The lowest BCUT2D eigenvalue weighted by molar-refractivity contribution is -0.117. The summed E-state index contributed by atoms with van der Waals surface area (Å²) in [6.07, 6.45) is 8.33. The van der Waals surface area contributed by atoms with Crippen LogP contribution in [0, 0.1) is 0 Å². The van der Waals surface area contributed by atoms with Crippen molar-refractivity contribution >= 4 is 17.6 Å². The quantitative estimate of drug-likeness (QED) is 0.606. The molecular formula is C22H33N5O. The lowest BCUT2D eigenvalue weighted by Gasteiger charge is -2.24. The van der Waals surface area contributed by atoms with Gasteiger partial charge < -0.3 is 15.5 Å². The monoisotopic (exact) mass is 383 g/mol. The van der Waals surface area contributed by atoms with Crippen LogP contribution >= 0.6 is 0 Å². The zero-order valence-corrected chi connectivity index (χ0v) is 17.0. The second kappa shape index (κ2) is 8.95. The summed E-state index contributed by atoms with van der Waals surface area (Å²) < 4.78 is 0. The van der Waals surface area contributed by atoms with E-state index < -0.39 is 0 Å². The molecule has 1 amide bonds. The van der Waals surface area contributed by atoms with E-state index in [0.717, 1.165) is 37.2 Å². The fraction of sp³-hybridized carbons (Fsp3) is 0.636. The number of hydrogen-bond acceptors (Lipinski definition) is 3. The summed E-state index contributed by atoms with van der Waals surface area (Å²) >= 11 is 0. The zero-order chi connectivity index (χ0) is 19.3. The summed E-state index contributed by atoms with van der Waals surface area (Å²) in [5, 5.41) is 7.04. The fourth-order valence-corrected chi connectivity index (χ4v) is 4.84. The first-order valence-corrected chi connectivity index (χ1v) is 10.8. The Kier molecular flexibility index (Phi) is 6.15. The maximum absolute atomic E-state index is 12.0. The molecular weight excluding hydrogens is 350 g/mol. The molecule has 1 aromatic carbocycles. The molecule has 152 valence electrons. The lowest BCUT2D eigenvalue weighted by atomic mass is 10.2. The van der Waals surface area contributed by atoms with E-state index in [4.69, 9.17) is 0 Å². The molecule has 2 aliphatic heterocycles. The number of hydrogen-bond donors (Lipinski definition) is 2. The Hall–Kier alpha value is -2.08. The third-order valence-corrected chi connectivity index (χ3v) is 6.38. The molecule has 0 spiro atoms. The Morgan fingerprint density at radius 1 is 1.18 bits per heavy atom. The maximum atomic E-state index is 12.0. The Morgan fingerprint density at radius 2 is 2.04 bits per heavy atom. The van der Waals surface area contributed by atoms with Crippen LogP contribution in [-0.2, 0) is 11.3 Å². The minimum Gasteiger partial charge on any atom is -0.352 e. The minimum absolute atomic E-state index is 0.232. The van der Waals surface area contributed by atoms with Crippen molar-refractivity contribution in [2.75, 3.05) is 31.6 Å². The number of aliphatic imine (C=N–C) groups is 1. The largest absolute Gasteiger partial charge is 0.352 e. The molecule has 2 heterocycles. The van der Waals surface area contributed by atoms with Crippen LogP contribution < -0.4 is 15.5 Å². The van der Waals surface area contributed by atoms with Gasteiger partial charge in [-0.2, -0.15) is 0 Å². The zero-order valence-electron chi connectivity index (χ0n) is 17.0. The summed E-state index contributed by atoms with van der Waals surface area (Å²) in [5.41, 5.74) is 2.17. The molecule has 0 bridgehead atoms. The van der Waals surface area contributed by atoms with Gasteiger partial charge in [-0.15, -0.1) is 0 Å². The lowest BCUT2D eigenvalue weighted by Crippen LogP contribution is -2.45. The highest BCUT2D eigenvalue weighted by atomic mass is 16.2. The Labute approximate surface area is 168 Å². The molecule has 3 aliphatic rings. The second-order valence-electron chi connectivity index (χ2n) is 8.31. The van der Waals surface area contributed by atoms with E-state index in [0.29, 0.717) is 19.0 Å². The van der Waals surface area contributed by atoms with Gasteiger partial charge in [0.15, 0.2) is 5.96 Å². The first-order valence-electron chi connectivity index (χ1n) is 10.8. The van der Waals surface area contributed by atoms with Gasteiger partial charge in [-0.25, -0.2) is 0 Å². The van der Waals surface area contributed by atoms with Gasteiger partial charge in [0.1, 0.15) is 0 Å². The highest BCUT2D eigenvalue weighted by Crippen LogP contribution is 2.26. The first kappa shape index (κ1) is 19.2. The van der Waals surface area contributed by atoms with Crippen molar-refractivity contribution in [3.8, 4) is 0 Å². The first-order chi connectivity index (χ1) is 13.7. The Bertz CT molecular complexity index is 713. The normalized spacial score (nSPS) is 24.3. The average molecular weight is 384 g/mol. The van der Waals surface area contributed by atoms with Crippen molar-refractivity contribution in [3.05, 3.63) is 29.8 Å². The van der Waals surface area contributed by atoms with Crippen molar-refractivity contribution in [3.63, 3.8) is 0 Å². The summed E-state index contributed by atoms with van der Waals surface area (Å²) in [6.45, 7) is 3.86. The number of likely N-dealkylation sites (tertiary alicyclic amines) is 1. The highest BCUT2D eigenvalue weighted by Gasteiger charge is 2.30. The van der Waals surface area contributed by atoms with E-state index in [2.05, 4.69) is 32.7 Å². The van der Waals surface area contributed by atoms with Crippen molar-refractivity contribution in [2.45, 2.75) is 63.6 Å². The number of nitrogens with zero attached hydrogens (tertiary/aromatic N) is 3. The molecule has 2 N–H and O–H groups in total. The highest BCUT2D eigenvalue weighted by molar-refractivity contribution is 5.95. The number of rotatable bonds is 5. The summed E-state index contributed by atoms with van der Waals surface area (Å²) in [4.78, 5) is 21.0. The topological polar surface area (TPSA) is 60.0 Å². The van der Waals surface area contributed by atoms with Gasteiger partial charge in [-0.05, 0) is 43.4 Å². The van der Waals surface area contributed by atoms with Crippen molar-refractivity contribution in [1.29, 1.82) is 0 Å². The standard InChI is InChI=1S/C22H33N5O/c1-23-22(25-18-11-13-26(16-18)19-7-2-3-8-19)24-15-17-6-4-9-20(14-17)27-12-5-10-21(27)28/h4,6,9,14,18-19H,2-3,5,7-8,10-13,15-16H2,1H3,(H2,23,24,25). The van der Waals surface area contributed by atoms with Gasteiger partial charge in [-0.3, -0.25) is 14.7 Å². The van der Waals surface area contributed by atoms with Crippen LogP contribution in [0.5, 0.6) is 0 Å². The van der Waals surface area contributed by atoms with E-state index in [1.165, 1.54) is 44.2 Å². The average Bonchev–Trinajstić information content (AvgIpc) is 3.46. The third-order valence-electron chi connectivity index (χ3n) is 6.38. The number of nitrogens with one attached hydrogen (secondary N) is 2. The molecule has 0 aromatic heterocycles. The van der Waals surface area contributed by atoms with E-state index in [1.54, 1.807) is 0 Å². The van der Waals surface area contributed by atoms with Crippen molar-refractivity contribution in [2.24, 2.45) is 4.99 Å². The molecule has 4 rings (SSSR count). The van der Waals surface area contributed by atoms with Crippen molar-refractivity contribution in [1.82, 2.24) is 15.5 Å². The molecule has 3 fully saturated rings. The fourth-order valence-electron chi connectivity index (χ4n) is 4.84. The van der Waals surface area contributed by atoms with Crippen LogP contribution in [0.25, 0.3) is 0 Å².